The molecule has 0 radical (unpaired) electrons. The SMILES string of the molecule is CCS(=O)(=O)c1cc(C(F)(F)F)cnc1N1Cc2cc(C(F)(F)C(F)(F)F)sc2C1=O. The highest BCUT2D eigenvalue weighted by Crippen LogP contribution is 2.49. The third-order valence-electron chi connectivity index (χ3n) is 4.37. The molecule has 1 aliphatic rings. The molecule has 0 atom stereocenters. The highest BCUT2D eigenvalue weighted by atomic mass is 32.2. The Labute approximate surface area is 173 Å². The molecule has 31 heavy (non-hydrogen) atoms. The van der Waals surface area contributed by atoms with E-state index in [1.807, 2.05) is 0 Å². The summed E-state index contributed by atoms with van der Waals surface area (Å²) in [6, 6.07) is 0.758. The van der Waals surface area contributed by atoms with Crippen LogP contribution in [0.1, 0.15) is 32.6 Å². The molecule has 3 heterocycles. The van der Waals surface area contributed by atoms with Crippen LogP contribution in [0.15, 0.2) is 23.2 Å². The number of fused-ring (bicyclic) bond motifs is 1. The van der Waals surface area contributed by atoms with E-state index in [2.05, 4.69) is 4.98 Å². The molecule has 0 N–H and O–H groups in total. The molecule has 170 valence electrons. The summed E-state index contributed by atoms with van der Waals surface area (Å²) in [6.07, 6.45) is -10.5. The topological polar surface area (TPSA) is 67.3 Å². The number of aromatic nitrogens is 1. The largest absolute Gasteiger partial charge is 0.458 e. The van der Waals surface area contributed by atoms with Crippen LogP contribution in [0.4, 0.5) is 40.9 Å². The monoisotopic (exact) mass is 494 g/mol. The lowest BCUT2D eigenvalue weighted by Crippen LogP contribution is -2.33. The number of alkyl halides is 8. The second-order valence-electron chi connectivity index (χ2n) is 6.38. The third-order valence-corrected chi connectivity index (χ3v) is 7.34. The Morgan fingerprint density at radius 1 is 1.10 bits per heavy atom. The molecule has 0 saturated heterocycles. The van der Waals surface area contributed by atoms with Gasteiger partial charge in [0.05, 0.1) is 27.6 Å². The van der Waals surface area contributed by atoms with Crippen LogP contribution in [0.25, 0.3) is 0 Å². The summed E-state index contributed by atoms with van der Waals surface area (Å²) in [6.45, 7) is 0.511. The number of amides is 1. The van der Waals surface area contributed by atoms with Crippen LogP contribution < -0.4 is 4.90 Å². The molecule has 0 saturated carbocycles. The van der Waals surface area contributed by atoms with Gasteiger partial charge in [0.1, 0.15) is 4.90 Å². The van der Waals surface area contributed by atoms with E-state index in [0.717, 1.165) is 6.92 Å². The van der Waals surface area contributed by atoms with Gasteiger partial charge < -0.3 is 0 Å². The van der Waals surface area contributed by atoms with E-state index < -0.39 is 72.3 Å². The summed E-state index contributed by atoms with van der Waals surface area (Å²) >= 11 is -0.130. The second kappa shape index (κ2) is 7.12. The van der Waals surface area contributed by atoms with Crippen molar-refractivity contribution in [3.8, 4) is 0 Å². The van der Waals surface area contributed by atoms with Crippen LogP contribution in [0, 0.1) is 0 Å². The standard InChI is InChI=1S/C16H10F8N2O3S2/c1-2-31(28,29)9-4-8(15(19,20)21)5-25-12(9)26-6-7-3-10(30-11(7)13(26)27)14(17,18)16(22,23)24/h3-5H,2,6H2,1H3. The van der Waals surface area contributed by atoms with Gasteiger partial charge in [-0.25, -0.2) is 13.4 Å². The van der Waals surface area contributed by atoms with Crippen molar-refractivity contribution in [1.29, 1.82) is 0 Å². The zero-order valence-electron chi connectivity index (χ0n) is 15.1. The zero-order chi connectivity index (χ0) is 23.6. The fourth-order valence-corrected chi connectivity index (χ4v) is 4.91. The minimum Gasteiger partial charge on any atom is -0.286 e. The van der Waals surface area contributed by atoms with Gasteiger partial charge in [-0.15, -0.1) is 11.3 Å². The predicted octanol–water partition coefficient (Wildman–Crippen LogP) is 4.77. The smallest absolute Gasteiger partial charge is 0.286 e. The first-order valence-corrected chi connectivity index (χ1v) is 10.7. The molecular weight excluding hydrogens is 484 g/mol. The maximum Gasteiger partial charge on any atom is 0.458 e. The Bertz CT molecular complexity index is 1150. The van der Waals surface area contributed by atoms with Gasteiger partial charge in [0, 0.05) is 6.20 Å². The molecule has 0 bridgehead atoms. The summed E-state index contributed by atoms with van der Waals surface area (Å²) < 4.78 is 128. The van der Waals surface area contributed by atoms with Gasteiger partial charge in [-0.2, -0.15) is 35.1 Å². The van der Waals surface area contributed by atoms with Crippen LogP contribution in [0.3, 0.4) is 0 Å². The predicted molar refractivity (Wildman–Crippen MR) is 91.7 cm³/mol. The van der Waals surface area contributed by atoms with Gasteiger partial charge in [-0.3, -0.25) is 9.69 Å². The van der Waals surface area contributed by atoms with Crippen molar-refractivity contribution in [3.05, 3.63) is 39.2 Å². The van der Waals surface area contributed by atoms with Crippen molar-refractivity contribution in [2.75, 3.05) is 10.7 Å². The molecule has 0 spiro atoms. The first-order chi connectivity index (χ1) is 14.0. The van der Waals surface area contributed by atoms with Gasteiger partial charge in [0.15, 0.2) is 15.7 Å². The number of anilines is 1. The van der Waals surface area contributed by atoms with Crippen LogP contribution >= 0.6 is 11.3 Å². The summed E-state index contributed by atoms with van der Waals surface area (Å²) in [7, 11) is -4.32. The molecule has 1 aliphatic heterocycles. The fraction of sp³-hybridized carbons (Fsp3) is 0.375. The summed E-state index contributed by atoms with van der Waals surface area (Å²) in [5, 5.41) is 0. The quantitative estimate of drug-likeness (QED) is 0.575. The lowest BCUT2D eigenvalue weighted by atomic mass is 10.2. The van der Waals surface area contributed by atoms with Crippen molar-refractivity contribution in [2.45, 2.75) is 36.6 Å². The summed E-state index contributed by atoms with van der Waals surface area (Å²) in [4.78, 5) is 13.8. The Kier molecular flexibility index (Phi) is 5.37. The lowest BCUT2D eigenvalue weighted by molar-refractivity contribution is -0.287. The van der Waals surface area contributed by atoms with Gasteiger partial charge in [-0.1, -0.05) is 6.92 Å². The first kappa shape index (κ1) is 23.4. The number of hydrogen-bond acceptors (Lipinski definition) is 5. The highest BCUT2D eigenvalue weighted by Gasteiger charge is 2.60. The average molecular weight is 494 g/mol. The molecule has 15 heteroatoms. The second-order valence-corrected chi connectivity index (χ2v) is 9.67. The number of pyridine rings is 1. The maximum atomic E-state index is 13.5. The lowest BCUT2D eigenvalue weighted by Gasteiger charge is -2.20. The van der Waals surface area contributed by atoms with E-state index in [-0.39, 0.29) is 16.9 Å². The van der Waals surface area contributed by atoms with Crippen molar-refractivity contribution in [1.82, 2.24) is 4.98 Å². The normalized spacial score (nSPS) is 15.5. The van der Waals surface area contributed by atoms with E-state index in [4.69, 9.17) is 0 Å². The summed E-state index contributed by atoms with van der Waals surface area (Å²) in [5.41, 5.74) is -1.65. The zero-order valence-corrected chi connectivity index (χ0v) is 16.7. The molecule has 1 amide bonds. The van der Waals surface area contributed by atoms with Crippen LogP contribution in [-0.4, -0.2) is 31.2 Å². The number of nitrogens with zero attached hydrogens (tertiary/aromatic N) is 2. The number of halogens is 8. The van der Waals surface area contributed by atoms with Gasteiger partial charge in [-0.05, 0) is 17.7 Å². The number of carbonyl (C=O) groups is 1. The Morgan fingerprint density at radius 3 is 2.19 bits per heavy atom. The van der Waals surface area contributed by atoms with Crippen molar-refractivity contribution < 1.29 is 48.3 Å². The number of thiophene rings is 1. The van der Waals surface area contributed by atoms with Crippen molar-refractivity contribution >= 4 is 32.9 Å². The molecule has 0 aliphatic carbocycles. The van der Waals surface area contributed by atoms with Crippen LogP contribution in [-0.2, 0) is 28.5 Å². The first-order valence-electron chi connectivity index (χ1n) is 8.20. The number of hydrogen-bond donors (Lipinski definition) is 0. The van der Waals surface area contributed by atoms with Gasteiger partial charge in [0.2, 0.25) is 0 Å². The number of carbonyl (C=O) groups excluding carboxylic acids is 1. The Morgan fingerprint density at radius 2 is 1.71 bits per heavy atom. The third kappa shape index (κ3) is 3.88. The highest BCUT2D eigenvalue weighted by molar-refractivity contribution is 7.91. The number of rotatable bonds is 4. The number of sulfone groups is 1. The molecule has 3 rings (SSSR count). The molecule has 0 unspecified atom stereocenters. The molecule has 0 fully saturated rings. The van der Waals surface area contributed by atoms with E-state index in [0.29, 0.717) is 23.2 Å². The van der Waals surface area contributed by atoms with E-state index >= 15 is 0 Å². The van der Waals surface area contributed by atoms with Gasteiger partial charge >= 0.3 is 18.3 Å². The van der Waals surface area contributed by atoms with Crippen LogP contribution in [0.2, 0.25) is 0 Å². The average Bonchev–Trinajstić information content (AvgIpc) is 3.19. The van der Waals surface area contributed by atoms with E-state index in [1.54, 1.807) is 0 Å². The molecule has 2 aromatic rings. The van der Waals surface area contributed by atoms with Crippen molar-refractivity contribution in [2.24, 2.45) is 0 Å². The van der Waals surface area contributed by atoms with Crippen molar-refractivity contribution in [3.63, 3.8) is 0 Å². The van der Waals surface area contributed by atoms with Gasteiger partial charge in [0.25, 0.3) is 5.91 Å². The molecular formula is C16H10F8N2O3S2. The fourth-order valence-electron chi connectivity index (χ4n) is 2.74. The van der Waals surface area contributed by atoms with E-state index in [9.17, 15) is 48.3 Å². The summed E-state index contributed by atoms with van der Waals surface area (Å²) in [5.74, 6) is -7.66. The molecule has 2 aromatic heterocycles. The minimum atomic E-state index is -5.90. The minimum absolute atomic E-state index is 0.130. The molecule has 0 aromatic carbocycles. The Balaban J connectivity index is 2.07. The molecule has 5 nitrogen and oxygen atoms in total. The Hall–Kier alpha value is -2.29. The maximum absolute atomic E-state index is 13.5. The van der Waals surface area contributed by atoms with E-state index in [1.165, 1.54) is 0 Å². The van der Waals surface area contributed by atoms with Crippen LogP contribution in [0.5, 0.6) is 0 Å².